The maximum absolute atomic E-state index is 11.9. The van der Waals surface area contributed by atoms with Crippen molar-refractivity contribution in [3.63, 3.8) is 0 Å². The van der Waals surface area contributed by atoms with Crippen molar-refractivity contribution >= 4 is 5.69 Å². The molecule has 1 aromatic carbocycles. The van der Waals surface area contributed by atoms with E-state index in [0.717, 1.165) is 0 Å². The molecule has 0 radical (unpaired) electrons. The summed E-state index contributed by atoms with van der Waals surface area (Å²) >= 11 is 0. The third-order valence-corrected chi connectivity index (χ3v) is 3.65. The molecule has 1 fully saturated rings. The number of benzene rings is 1. The molecule has 0 aromatic heterocycles. The fourth-order valence-electron chi connectivity index (χ4n) is 2.38. The molecule has 2 rings (SSSR count). The summed E-state index contributed by atoms with van der Waals surface area (Å²) in [5.41, 5.74) is 2.88. The van der Waals surface area contributed by atoms with Crippen molar-refractivity contribution in [2.75, 3.05) is 0 Å². The molecule has 1 aliphatic rings. The summed E-state index contributed by atoms with van der Waals surface area (Å²) in [6.45, 7) is 14.2. The summed E-state index contributed by atoms with van der Waals surface area (Å²) in [5, 5.41) is 16.0. The second kappa shape index (κ2) is 4.19. The van der Waals surface area contributed by atoms with E-state index in [4.69, 9.17) is 0 Å². The van der Waals surface area contributed by atoms with Crippen LogP contribution < -0.4 is 0 Å². The number of rotatable bonds is 2. The van der Waals surface area contributed by atoms with E-state index in [9.17, 15) is 5.21 Å². The molecule has 102 valence electrons. The molecule has 0 saturated heterocycles. The predicted octanol–water partition coefficient (Wildman–Crippen LogP) is 4.76. The first-order chi connectivity index (χ1) is 8.63. The van der Waals surface area contributed by atoms with Crippen LogP contribution in [0.1, 0.15) is 46.1 Å². The van der Waals surface area contributed by atoms with E-state index < -0.39 is 0 Å². The molecule has 0 bridgehead atoms. The molecule has 0 amide bonds. The van der Waals surface area contributed by atoms with Gasteiger partial charge in [-0.2, -0.15) is 0 Å². The highest BCUT2D eigenvalue weighted by atomic mass is 16.5. The molecule has 3 nitrogen and oxygen atoms in total. The Morgan fingerprint density at radius 2 is 1.68 bits per heavy atom. The largest absolute Gasteiger partial charge is 0.594 e. The molecule has 0 spiro atoms. The number of hydrogen-bond acceptors (Lipinski definition) is 2. The average molecular weight is 258 g/mol. The Balaban J connectivity index is 2.21. The van der Waals surface area contributed by atoms with Crippen molar-refractivity contribution < 1.29 is 4.86 Å². The number of hydrogen-bond donors (Lipinski definition) is 0. The lowest BCUT2D eigenvalue weighted by molar-refractivity contribution is -0.449. The molecule has 1 unspecified atom stereocenters. The van der Waals surface area contributed by atoms with Crippen LogP contribution in [0.4, 0.5) is 5.69 Å². The monoisotopic (exact) mass is 258 g/mol. The molecule has 0 N–H and O–H groups in total. The van der Waals surface area contributed by atoms with Crippen LogP contribution in [0.3, 0.4) is 0 Å². The van der Waals surface area contributed by atoms with Crippen molar-refractivity contribution in [2.45, 2.75) is 46.1 Å². The Morgan fingerprint density at radius 3 is 2.05 bits per heavy atom. The third kappa shape index (κ3) is 2.70. The van der Waals surface area contributed by atoms with E-state index in [1.54, 1.807) is 0 Å². The maximum atomic E-state index is 11.9. The minimum absolute atomic E-state index is 0.189. The molecule has 19 heavy (non-hydrogen) atoms. The number of allylic oxidation sites excluding steroid dienone is 1. The van der Waals surface area contributed by atoms with Gasteiger partial charge in [-0.3, -0.25) is 0 Å². The van der Waals surface area contributed by atoms with Crippen LogP contribution in [0.2, 0.25) is 0 Å². The van der Waals surface area contributed by atoms with Gasteiger partial charge in [-0.25, -0.2) is 0 Å². The lowest BCUT2D eigenvalue weighted by atomic mass is 10.0. The van der Waals surface area contributed by atoms with Crippen LogP contribution in [0, 0.1) is 10.6 Å². The van der Waals surface area contributed by atoms with Gasteiger partial charge >= 0.3 is 0 Å². The normalized spacial score (nSPS) is 22.5. The highest BCUT2D eigenvalue weighted by Crippen LogP contribution is 2.63. The van der Waals surface area contributed by atoms with Crippen molar-refractivity contribution in [2.24, 2.45) is 10.5 Å². The highest BCUT2D eigenvalue weighted by molar-refractivity contribution is 5.49. The highest BCUT2D eigenvalue weighted by Gasteiger charge is 2.51. The molecule has 0 heterocycles. The molecule has 0 aliphatic heterocycles. The Hall–Kier alpha value is -1.64. The van der Waals surface area contributed by atoms with Crippen LogP contribution in [0.5, 0.6) is 0 Å². The number of azo groups is 1. The fourth-order valence-corrected chi connectivity index (χ4v) is 2.38. The lowest BCUT2D eigenvalue weighted by Crippen LogP contribution is -2.12. The van der Waals surface area contributed by atoms with Gasteiger partial charge in [0.05, 0.1) is 0 Å². The van der Waals surface area contributed by atoms with Gasteiger partial charge in [0, 0.05) is 18.1 Å². The Morgan fingerprint density at radius 1 is 1.21 bits per heavy atom. The van der Waals surface area contributed by atoms with E-state index in [0.29, 0.717) is 16.5 Å². The van der Waals surface area contributed by atoms with Crippen LogP contribution in [-0.4, -0.2) is 10.4 Å². The zero-order chi connectivity index (χ0) is 14.4. The molecule has 1 atom stereocenters. The maximum Gasteiger partial charge on any atom is 0.244 e. The summed E-state index contributed by atoms with van der Waals surface area (Å²) in [6, 6.07) is 7.67. The minimum Gasteiger partial charge on any atom is -0.594 e. The van der Waals surface area contributed by atoms with E-state index in [-0.39, 0.29) is 11.0 Å². The first-order valence-corrected chi connectivity index (χ1v) is 6.62. The lowest BCUT2D eigenvalue weighted by Gasteiger charge is -2.09. The molecular formula is C16H22N2O. The number of nitrogens with zero attached hydrogens (tertiary/aromatic N) is 2. The summed E-state index contributed by atoms with van der Waals surface area (Å²) in [4.78, 5) is 0.705. The van der Waals surface area contributed by atoms with E-state index in [2.05, 4.69) is 25.5 Å². The van der Waals surface area contributed by atoms with E-state index in [1.165, 1.54) is 11.1 Å². The molecule has 3 heteroatoms. The zero-order valence-corrected chi connectivity index (χ0v) is 12.4. The van der Waals surface area contributed by atoms with E-state index in [1.807, 2.05) is 45.0 Å². The van der Waals surface area contributed by atoms with Gasteiger partial charge in [-0.15, -0.1) is 0 Å². The van der Waals surface area contributed by atoms with Gasteiger partial charge in [0.25, 0.3) is 0 Å². The molecule has 1 aromatic rings. The fraction of sp³-hybridized carbons (Fsp3) is 0.500. The minimum atomic E-state index is -0.368. The van der Waals surface area contributed by atoms with Crippen molar-refractivity contribution in [1.29, 1.82) is 0 Å². The standard InChI is InChI=1S/C16H22N2O/c1-11-14(16(11,5)6)12-7-9-13(10-8-12)18(19)17-15(2,3)4/h7-10,14H,1H2,2-6H3. The predicted molar refractivity (Wildman–Crippen MR) is 77.6 cm³/mol. The van der Waals surface area contributed by atoms with Crippen LogP contribution >= 0.6 is 0 Å². The third-order valence-electron chi connectivity index (χ3n) is 3.65. The van der Waals surface area contributed by atoms with Gasteiger partial charge in [0.2, 0.25) is 5.69 Å². The first-order valence-electron chi connectivity index (χ1n) is 6.62. The molecular weight excluding hydrogens is 236 g/mol. The van der Waals surface area contributed by atoms with Crippen LogP contribution in [0.25, 0.3) is 0 Å². The van der Waals surface area contributed by atoms with Crippen molar-refractivity contribution in [3.05, 3.63) is 47.2 Å². The van der Waals surface area contributed by atoms with Gasteiger partial charge in [0.1, 0.15) is 5.54 Å². The van der Waals surface area contributed by atoms with Gasteiger partial charge < -0.3 is 5.21 Å². The summed E-state index contributed by atoms with van der Waals surface area (Å²) < 4.78 is 0. The Labute approximate surface area is 115 Å². The van der Waals surface area contributed by atoms with Crippen LogP contribution in [0.15, 0.2) is 41.5 Å². The average Bonchev–Trinajstić information content (AvgIpc) is 2.76. The van der Waals surface area contributed by atoms with Gasteiger partial charge in [-0.05, 0) is 36.9 Å². The second-order valence-electron chi connectivity index (χ2n) is 6.82. The Kier molecular flexibility index (Phi) is 3.04. The van der Waals surface area contributed by atoms with Crippen molar-refractivity contribution in [1.82, 2.24) is 0 Å². The van der Waals surface area contributed by atoms with Crippen molar-refractivity contribution in [3.8, 4) is 0 Å². The summed E-state index contributed by atoms with van der Waals surface area (Å²) in [7, 11) is 0. The Bertz CT molecular complexity index is 533. The SMILES string of the molecule is C=C1C(c2ccc([N+]([O-])=NC(C)(C)C)cc2)C1(C)C. The topological polar surface area (TPSA) is 38.4 Å². The van der Waals surface area contributed by atoms with E-state index >= 15 is 0 Å². The quantitative estimate of drug-likeness (QED) is 0.326. The summed E-state index contributed by atoms with van der Waals surface area (Å²) in [6.07, 6.45) is 0. The molecule has 1 saturated carbocycles. The first kappa shape index (κ1) is 13.8. The second-order valence-corrected chi connectivity index (χ2v) is 6.82. The smallest absolute Gasteiger partial charge is 0.244 e. The van der Waals surface area contributed by atoms with Gasteiger partial charge in [-0.1, -0.05) is 43.0 Å². The molecule has 1 aliphatic carbocycles. The zero-order valence-electron chi connectivity index (χ0n) is 12.4. The summed E-state index contributed by atoms with van der Waals surface area (Å²) in [5.74, 6) is 0.418. The van der Waals surface area contributed by atoms with Crippen LogP contribution in [-0.2, 0) is 0 Å². The van der Waals surface area contributed by atoms with Gasteiger partial charge in [0.15, 0.2) is 0 Å².